The van der Waals surface area contributed by atoms with E-state index in [9.17, 15) is 4.79 Å². The number of amides is 1. The van der Waals surface area contributed by atoms with Gasteiger partial charge in [0, 0.05) is 17.5 Å². The molecule has 1 atom stereocenters. The fourth-order valence-corrected chi connectivity index (χ4v) is 6.12. The van der Waals surface area contributed by atoms with Crippen LogP contribution in [0.2, 0.25) is 5.02 Å². The summed E-state index contributed by atoms with van der Waals surface area (Å²) in [6.07, 6.45) is 7.32. The molecule has 0 spiro atoms. The molecule has 5 rings (SSSR count). The lowest BCUT2D eigenvalue weighted by Crippen LogP contribution is -2.55. The van der Waals surface area contributed by atoms with E-state index in [1.54, 1.807) is 7.11 Å². The van der Waals surface area contributed by atoms with E-state index in [1.165, 1.54) is 19.3 Å². The number of halogens is 1. The Morgan fingerprint density at radius 2 is 1.84 bits per heavy atom. The van der Waals surface area contributed by atoms with Crippen LogP contribution in [0.3, 0.4) is 0 Å². The van der Waals surface area contributed by atoms with E-state index in [2.05, 4.69) is 5.32 Å². The zero-order chi connectivity index (χ0) is 17.7. The van der Waals surface area contributed by atoms with Crippen LogP contribution in [-0.2, 0) is 15.1 Å². The summed E-state index contributed by atoms with van der Waals surface area (Å²) < 4.78 is 5.77. The van der Waals surface area contributed by atoms with Crippen molar-refractivity contribution in [3.8, 4) is 0 Å². The molecule has 1 aromatic rings. The highest BCUT2D eigenvalue weighted by Gasteiger charge is 2.54. The highest BCUT2D eigenvalue weighted by atomic mass is 35.5. The van der Waals surface area contributed by atoms with Gasteiger partial charge in [0.25, 0.3) is 0 Å². The monoisotopic (exact) mass is 361 g/mol. The number of ether oxygens (including phenoxy) is 1. The Kier molecular flexibility index (Phi) is 4.36. The predicted octanol–water partition coefficient (Wildman–Crippen LogP) is 4.53. The standard InChI is InChI=1S/C21H28ClNO2/c1-20(25-2,17-4-3-5-18(22)9-17)13-23-19(24)21-10-14-6-15(11-21)8-16(7-14)12-21/h3-5,9,14-16H,6-8,10-13H2,1-2H3,(H,23,24)/t14?,15?,16?,20-,21?/m1/s1. The quantitative estimate of drug-likeness (QED) is 0.836. The molecular formula is C21H28ClNO2. The molecule has 4 fully saturated rings. The van der Waals surface area contributed by atoms with Gasteiger partial charge in [0.05, 0.1) is 6.54 Å². The maximum atomic E-state index is 13.2. The number of hydrogen-bond donors (Lipinski definition) is 1. The number of hydrogen-bond acceptors (Lipinski definition) is 2. The van der Waals surface area contributed by atoms with E-state index < -0.39 is 5.60 Å². The summed E-state index contributed by atoms with van der Waals surface area (Å²) in [5.41, 5.74) is 0.314. The molecule has 4 aliphatic rings. The maximum absolute atomic E-state index is 13.2. The minimum absolute atomic E-state index is 0.113. The van der Waals surface area contributed by atoms with Crippen molar-refractivity contribution < 1.29 is 9.53 Å². The first-order valence-electron chi connectivity index (χ1n) is 9.52. The van der Waals surface area contributed by atoms with Crippen LogP contribution in [0.15, 0.2) is 24.3 Å². The van der Waals surface area contributed by atoms with Crippen LogP contribution in [0.25, 0.3) is 0 Å². The molecular weight excluding hydrogens is 334 g/mol. The molecule has 136 valence electrons. The Morgan fingerprint density at radius 3 is 2.36 bits per heavy atom. The molecule has 1 N–H and O–H groups in total. The number of carbonyl (C=O) groups excluding carboxylic acids is 1. The molecule has 0 aliphatic heterocycles. The van der Waals surface area contributed by atoms with E-state index in [0.29, 0.717) is 11.6 Å². The van der Waals surface area contributed by atoms with Crippen molar-refractivity contribution in [1.82, 2.24) is 5.32 Å². The van der Waals surface area contributed by atoms with Gasteiger partial charge >= 0.3 is 0 Å². The van der Waals surface area contributed by atoms with Crippen molar-refractivity contribution in [2.24, 2.45) is 23.2 Å². The van der Waals surface area contributed by atoms with Crippen LogP contribution < -0.4 is 5.32 Å². The second kappa shape index (κ2) is 6.28. The average Bonchev–Trinajstić information content (AvgIpc) is 2.58. The van der Waals surface area contributed by atoms with Crippen molar-refractivity contribution in [2.75, 3.05) is 13.7 Å². The Morgan fingerprint density at radius 1 is 1.24 bits per heavy atom. The van der Waals surface area contributed by atoms with Crippen LogP contribution in [0.5, 0.6) is 0 Å². The number of nitrogens with one attached hydrogen (secondary N) is 1. The summed E-state index contributed by atoms with van der Waals surface area (Å²) in [6, 6.07) is 7.71. The summed E-state index contributed by atoms with van der Waals surface area (Å²) in [5, 5.41) is 3.93. The second-order valence-corrected chi connectivity index (χ2v) is 9.26. The Hall–Kier alpha value is -1.06. The number of rotatable bonds is 5. The molecule has 0 aromatic heterocycles. The number of benzene rings is 1. The third-order valence-corrected chi connectivity index (χ3v) is 7.23. The van der Waals surface area contributed by atoms with Gasteiger partial charge in [-0.3, -0.25) is 4.79 Å². The zero-order valence-corrected chi connectivity index (χ0v) is 15.9. The van der Waals surface area contributed by atoms with Crippen molar-refractivity contribution in [3.63, 3.8) is 0 Å². The highest BCUT2D eigenvalue weighted by Crippen LogP contribution is 2.60. The van der Waals surface area contributed by atoms with E-state index in [0.717, 1.165) is 42.6 Å². The first-order valence-corrected chi connectivity index (χ1v) is 9.90. The van der Waals surface area contributed by atoms with Gasteiger partial charge in [-0.05, 0) is 80.9 Å². The van der Waals surface area contributed by atoms with Crippen molar-refractivity contribution in [3.05, 3.63) is 34.9 Å². The minimum atomic E-state index is -0.567. The lowest BCUT2D eigenvalue weighted by Gasteiger charge is -2.55. The minimum Gasteiger partial charge on any atom is -0.372 e. The summed E-state index contributed by atoms with van der Waals surface area (Å²) in [6.45, 7) is 2.49. The van der Waals surface area contributed by atoms with Gasteiger partial charge in [-0.2, -0.15) is 0 Å². The van der Waals surface area contributed by atoms with E-state index in [1.807, 2.05) is 31.2 Å². The Bertz CT molecular complexity index is 638. The molecule has 1 amide bonds. The van der Waals surface area contributed by atoms with Gasteiger partial charge in [-0.1, -0.05) is 23.7 Å². The van der Waals surface area contributed by atoms with Crippen LogP contribution in [-0.4, -0.2) is 19.6 Å². The fraction of sp³-hybridized carbons (Fsp3) is 0.667. The van der Waals surface area contributed by atoms with Gasteiger partial charge in [-0.25, -0.2) is 0 Å². The summed E-state index contributed by atoms with van der Waals surface area (Å²) >= 11 is 6.14. The van der Waals surface area contributed by atoms with Crippen LogP contribution in [0, 0.1) is 23.2 Å². The Labute approximate surface area is 155 Å². The van der Waals surface area contributed by atoms with Crippen molar-refractivity contribution >= 4 is 17.5 Å². The molecule has 3 nitrogen and oxygen atoms in total. The van der Waals surface area contributed by atoms with Gasteiger partial charge in [-0.15, -0.1) is 0 Å². The summed E-state index contributed by atoms with van der Waals surface area (Å²) in [5.74, 6) is 2.58. The molecule has 4 aliphatic carbocycles. The first-order chi connectivity index (χ1) is 11.9. The molecule has 1 aromatic carbocycles. The van der Waals surface area contributed by atoms with Crippen LogP contribution >= 0.6 is 11.6 Å². The number of carbonyl (C=O) groups is 1. The lowest BCUT2D eigenvalue weighted by molar-refractivity contribution is -0.147. The molecule has 4 saturated carbocycles. The highest BCUT2D eigenvalue weighted by molar-refractivity contribution is 6.30. The summed E-state index contributed by atoms with van der Waals surface area (Å²) in [7, 11) is 1.69. The first kappa shape index (κ1) is 17.4. The molecule has 25 heavy (non-hydrogen) atoms. The maximum Gasteiger partial charge on any atom is 0.226 e. The van der Waals surface area contributed by atoms with Gasteiger partial charge in [0.15, 0.2) is 0 Å². The van der Waals surface area contributed by atoms with Gasteiger partial charge < -0.3 is 10.1 Å². The van der Waals surface area contributed by atoms with Crippen molar-refractivity contribution in [2.45, 2.75) is 51.0 Å². The van der Waals surface area contributed by atoms with E-state index >= 15 is 0 Å². The van der Waals surface area contributed by atoms with Crippen LogP contribution in [0.4, 0.5) is 0 Å². The summed E-state index contributed by atoms with van der Waals surface area (Å²) in [4.78, 5) is 13.2. The van der Waals surface area contributed by atoms with E-state index in [-0.39, 0.29) is 11.3 Å². The van der Waals surface area contributed by atoms with Crippen molar-refractivity contribution in [1.29, 1.82) is 0 Å². The molecule has 0 saturated heterocycles. The smallest absolute Gasteiger partial charge is 0.226 e. The average molecular weight is 362 g/mol. The SMILES string of the molecule is CO[C@](C)(CNC(=O)C12CC3CC(CC(C3)C1)C2)c1cccc(Cl)c1. The fourth-order valence-electron chi connectivity index (χ4n) is 5.93. The molecule has 0 radical (unpaired) electrons. The van der Waals surface area contributed by atoms with E-state index in [4.69, 9.17) is 16.3 Å². The number of methoxy groups -OCH3 is 1. The third kappa shape index (κ3) is 3.10. The van der Waals surface area contributed by atoms with Gasteiger partial charge in [0.1, 0.15) is 5.60 Å². The normalized spacial score (nSPS) is 35.4. The second-order valence-electron chi connectivity index (χ2n) is 8.83. The van der Waals surface area contributed by atoms with Gasteiger partial charge in [0.2, 0.25) is 5.91 Å². The third-order valence-electron chi connectivity index (χ3n) is 6.99. The largest absolute Gasteiger partial charge is 0.372 e. The lowest BCUT2D eigenvalue weighted by atomic mass is 9.49. The topological polar surface area (TPSA) is 38.3 Å². The zero-order valence-electron chi connectivity index (χ0n) is 15.2. The molecule has 0 unspecified atom stereocenters. The molecule has 4 heteroatoms. The molecule has 4 bridgehead atoms. The Balaban J connectivity index is 1.47. The molecule has 0 heterocycles. The van der Waals surface area contributed by atoms with Crippen LogP contribution in [0.1, 0.15) is 51.0 Å². The predicted molar refractivity (Wildman–Crippen MR) is 99.4 cm³/mol.